The quantitative estimate of drug-likeness (QED) is 0.587. The van der Waals surface area contributed by atoms with E-state index in [-0.39, 0.29) is 0 Å². The summed E-state index contributed by atoms with van der Waals surface area (Å²) in [6.45, 7) is 2.23. The van der Waals surface area contributed by atoms with Gasteiger partial charge in [0.1, 0.15) is 0 Å². The highest BCUT2D eigenvalue weighted by atomic mass is 32.2. The Balaban J connectivity index is 2.55. The fourth-order valence-electron chi connectivity index (χ4n) is 1.13. The van der Waals surface area contributed by atoms with E-state index < -0.39 is 0 Å². The lowest BCUT2D eigenvalue weighted by Gasteiger charge is -2.10. The first-order valence-corrected chi connectivity index (χ1v) is 5.02. The minimum absolute atomic E-state index is 1.22. The predicted octanol–water partition coefficient (Wildman–Crippen LogP) is 3.36. The van der Waals surface area contributed by atoms with Gasteiger partial charge in [0.2, 0.25) is 0 Å². The summed E-state index contributed by atoms with van der Waals surface area (Å²) in [5.74, 6) is 0. The van der Waals surface area contributed by atoms with Gasteiger partial charge in [0.15, 0.2) is 0 Å². The number of hydrogen-bond acceptors (Lipinski definition) is 1. The Bertz CT molecular complexity index is 146. The highest BCUT2D eigenvalue weighted by molar-refractivity contribution is 8.02. The maximum Gasteiger partial charge on any atom is -0.0140 e. The molecule has 0 bridgehead atoms. The van der Waals surface area contributed by atoms with Crippen LogP contribution in [0.2, 0.25) is 0 Å². The highest BCUT2D eigenvalue weighted by Crippen LogP contribution is 2.26. The van der Waals surface area contributed by atoms with E-state index in [1.807, 2.05) is 11.8 Å². The zero-order chi connectivity index (χ0) is 7.40. The Labute approximate surface area is 67.4 Å². The second-order valence-corrected chi connectivity index (χ2v) is 3.45. The van der Waals surface area contributed by atoms with Crippen molar-refractivity contribution in [2.24, 2.45) is 0 Å². The van der Waals surface area contributed by atoms with Gasteiger partial charge in [0.05, 0.1) is 0 Å². The van der Waals surface area contributed by atoms with Crippen LogP contribution in [-0.2, 0) is 0 Å². The molecule has 0 radical (unpaired) electrons. The molecule has 0 saturated carbocycles. The normalized spacial score (nSPS) is 18.2. The van der Waals surface area contributed by atoms with Crippen LogP contribution in [0.4, 0.5) is 0 Å². The van der Waals surface area contributed by atoms with Crippen LogP contribution in [0.3, 0.4) is 0 Å². The molecule has 1 aliphatic carbocycles. The first-order chi connectivity index (χ1) is 4.86. The Morgan fingerprint density at radius 2 is 2.20 bits per heavy atom. The summed E-state index contributed by atoms with van der Waals surface area (Å²) in [6.07, 6.45) is 10.4. The summed E-state index contributed by atoms with van der Waals surface area (Å²) in [7, 11) is 0. The molecule has 0 aliphatic heterocycles. The van der Waals surface area contributed by atoms with Gasteiger partial charge in [0, 0.05) is 0 Å². The van der Waals surface area contributed by atoms with Gasteiger partial charge in [-0.15, -0.1) is 11.8 Å². The van der Waals surface area contributed by atoms with Gasteiger partial charge in [-0.1, -0.05) is 24.6 Å². The van der Waals surface area contributed by atoms with Crippen LogP contribution in [0.5, 0.6) is 0 Å². The molecular formula is C9H14S. The smallest absolute Gasteiger partial charge is 0.0140 e. The Kier molecular flexibility index (Phi) is 3.07. The standard InChI is InChI=1S/C9H14S/c1-3-8-4-6-9(10-2)7-5-8/h4,6H,3,5,7H2,1-2H3. The topological polar surface area (TPSA) is 0 Å². The van der Waals surface area contributed by atoms with E-state index in [2.05, 4.69) is 25.3 Å². The average molecular weight is 154 g/mol. The highest BCUT2D eigenvalue weighted by Gasteiger charge is 2.02. The molecule has 0 aromatic heterocycles. The number of rotatable bonds is 2. The van der Waals surface area contributed by atoms with E-state index in [0.29, 0.717) is 0 Å². The second-order valence-electron chi connectivity index (χ2n) is 2.52. The van der Waals surface area contributed by atoms with E-state index in [1.54, 1.807) is 5.57 Å². The van der Waals surface area contributed by atoms with E-state index >= 15 is 0 Å². The minimum Gasteiger partial charge on any atom is -0.134 e. The fraction of sp³-hybridized carbons (Fsp3) is 0.556. The van der Waals surface area contributed by atoms with Crippen LogP contribution in [0.25, 0.3) is 0 Å². The van der Waals surface area contributed by atoms with Crippen molar-refractivity contribution in [2.75, 3.05) is 6.26 Å². The molecule has 0 heterocycles. The molecule has 56 valence electrons. The number of hydrogen-bond donors (Lipinski definition) is 0. The predicted molar refractivity (Wildman–Crippen MR) is 49.2 cm³/mol. The molecule has 0 aromatic rings. The molecule has 0 saturated heterocycles. The molecule has 10 heavy (non-hydrogen) atoms. The monoisotopic (exact) mass is 154 g/mol. The molecule has 0 N–H and O–H groups in total. The average Bonchev–Trinajstić information content (AvgIpc) is 2.05. The fourth-order valence-corrected chi connectivity index (χ4v) is 1.64. The third-order valence-corrected chi connectivity index (χ3v) is 2.78. The third-order valence-electron chi connectivity index (χ3n) is 1.91. The van der Waals surface area contributed by atoms with Gasteiger partial charge in [-0.25, -0.2) is 0 Å². The molecule has 0 atom stereocenters. The van der Waals surface area contributed by atoms with Crippen molar-refractivity contribution in [3.05, 3.63) is 22.6 Å². The summed E-state index contributed by atoms with van der Waals surface area (Å²) in [4.78, 5) is 1.53. The summed E-state index contributed by atoms with van der Waals surface area (Å²) in [5.41, 5.74) is 1.60. The zero-order valence-electron chi connectivity index (χ0n) is 6.68. The van der Waals surface area contributed by atoms with Crippen molar-refractivity contribution in [2.45, 2.75) is 26.2 Å². The van der Waals surface area contributed by atoms with Crippen molar-refractivity contribution in [3.63, 3.8) is 0 Å². The molecule has 0 amide bonds. The molecule has 0 fully saturated rings. The van der Waals surface area contributed by atoms with Crippen molar-refractivity contribution in [1.82, 2.24) is 0 Å². The molecule has 1 heteroatoms. The lowest BCUT2D eigenvalue weighted by molar-refractivity contribution is 0.887. The lowest BCUT2D eigenvalue weighted by Crippen LogP contribution is -1.88. The third kappa shape index (κ3) is 1.91. The van der Waals surface area contributed by atoms with E-state index in [4.69, 9.17) is 0 Å². The van der Waals surface area contributed by atoms with Crippen LogP contribution in [0.15, 0.2) is 22.6 Å². The minimum atomic E-state index is 1.22. The van der Waals surface area contributed by atoms with Crippen LogP contribution in [0.1, 0.15) is 26.2 Å². The summed E-state index contributed by atoms with van der Waals surface area (Å²) in [6, 6.07) is 0. The van der Waals surface area contributed by atoms with Crippen LogP contribution < -0.4 is 0 Å². The van der Waals surface area contributed by atoms with Gasteiger partial charge >= 0.3 is 0 Å². The molecule has 1 aliphatic rings. The van der Waals surface area contributed by atoms with E-state index in [9.17, 15) is 0 Å². The number of thioether (sulfide) groups is 1. The van der Waals surface area contributed by atoms with Crippen molar-refractivity contribution in [3.8, 4) is 0 Å². The SMILES string of the molecule is CCC1=CC=C(SC)CC1. The zero-order valence-corrected chi connectivity index (χ0v) is 7.50. The van der Waals surface area contributed by atoms with Gasteiger partial charge in [0.25, 0.3) is 0 Å². The van der Waals surface area contributed by atoms with E-state index in [1.165, 1.54) is 24.2 Å². The Hall–Kier alpha value is -0.170. The molecule has 0 nitrogen and oxygen atoms in total. The maximum absolute atomic E-state index is 2.27. The molecule has 1 rings (SSSR count). The second kappa shape index (κ2) is 3.87. The molecule has 0 spiro atoms. The van der Waals surface area contributed by atoms with Crippen molar-refractivity contribution >= 4 is 11.8 Å². The molecular weight excluding hydrogens is 140 g/mol. The van der Waals surface area contributed by atoms with Gasteiger partial charge in [-0.05, 0) is 30.4 Å². The lowest BCUT2D eigenvalue weighted by atomic mass is 10.0. The maximum atomic E-state index is 2.27. The Morgan fingerprint density at radius 1 is 1.40 bits per heavy atom. The summed E-state index contributed by atoms with van der Waals surface area (Å²) in [5, 5.41) is 0. The van der Waals surface area contributed by atoms with E-state index in [0.717, 1.165) is 0 Å². The first kappa shape index (κ1) is 7.93. The van der Waals surface area contributed by atoms with Gasteiger partial charge < -0.3 is 0 Å². The molecule has 0 aromatic carbocycles. The van der Waals surface area contributed by atoms with Gasteiger partial charge in [-0.2, -0.15) is 0 Å². The van der Waals surface area contributed by atoms with Crippen LogP contribution in [0, 0.1) is 0 Å². The first-order valence-electron chi connectivity index (χ1n) is 3.79. The Morgan fingerprint density at radius 3 is 2.60 bits per heavy atom. The van der Waals surface area contributed by atoms with Crippen LogP contribution >= 0.6 is 11.8 Å². The summed E-state index contributed by atoms with van der Waals surface area (Å²) >= 11 is 1.87. The largest absolute Gasteiger partial charge is 0.134 e. The summed E-state index contributed by atoms with van der Waals surface area (Å²) < 4.78 is 0. The molecule has 0 unspecified atom stereocenters. The number of allylic oxidation sites excluding steroid dienone is 4. The van der Waals surface area contributed by atoms with Crippen molar-refractivity contribution in [1.29, 1.82) is 0 Å². The van der Waals surface area contributed by atoms with Gasteiger partial charge in [-0.3, -0.25) is 0 Å². The van der Waals surface area contributed by atoms with Crippen LogP contribution in [-0.4, -0.2) is 6.26 Å². The van der Waals surface area contributed by atoms with Crippen molar-refractivity contribution < 1.29 is 0 Å².